The predicted octanol–water partition coefficient (Wildman–Crippen LogP) is 3.40. The largest absolute Gasteiger partial charge is 0.487 e. The van der Waals surface area contributed by atoms with E-state index in [1.165, 1.54) is 15.3 Å². The van der Waals surface area contributed by atoms with Crippen molar-refractivity contribution >= 4 is 22.9 Å². The summed E-state index contributed by atoms with van der Waals surface area (Å²) in [6, 6.07) is 3.94. The molecular formula is C13H15ClN2OS. The minimum atomic E-state index is 0.550. The fourth-order valence-electron chi connectivity index (χ4n) is 1.62. The van der Waals surface area contributed by atoms with E-state index in [0.29, 0.717) is 17.4 Å². The van der Waals surface area contributed by atoms with E-state index >= 15 is 0 Å². The molecule has 0 spiro atoms. The number of hydrogen-bond donors (Lipinski definition) is 1. The van der Waals surface area contributed by atoms with Crippen molar-refractivity contribution in [1.29, 1.82) is 0 Å². The van der Waals surface area contributed by atoms with Crippen molar-refractivity contribution in [3.63, 3.8) is 0 Å². The number of halogens is 1. The number of nitrogens with one attached hydrogen (secondary N) is 1. The van der Waals surface area contributed by atoms with Crippen molar-refractivity contribution in [3.8, 4) is 5.75 Å². The molecule has 2 aromatic heterocycles. The molecule has 0 radical (unpaired) electrons. The number of thiophene rings is 1. The second-order valence-corrected chi connectivity index (χ2v) is 5.73. The maximum atomic E-state index is 5.85. The number of ether oxygens (including phenoxy) is 1. The van der Waals surface area contributed by atoms with Crippen molar-refractivity contribution < 1.29 is 4.74 Å². The van der Waals surface area contributed by atoms with Crippen LogP contribution >= 0.6 is 22.9 Å². The molecule has 18 heavy (non-hydrogen) atoms. The van der Waals surface area contributed by atoms with Crippen LogP contribution in [0.25, 0.3) is 0 Å². The fourth-order valence-corrected chi connectivity index (χ4v) is 2.85. The van der Waals surface area contributed by atoms with E-state index in [4.69, 9.17) is 16.3 Å². The molecular weight excluding hydrogens is 268 g/mol. The highest BCUT2D eigenvalue weighted by molar-refractivity contribution is 7.12. The number of aryl methyl sites for hydroxylation is 1. The molecule has 0 fully saturated rings. The normalized spacial score (nSPS) is 10.6. The van der Waals surface area contributed by atoms with Crippen LogP contribution in [0.5, 0.6) is 5.75 Å². The monoisotopic (exact) mass is 282 g/mol. The summed E-state index contributed by atoms with van der Waals surface area (Å²) in [5, 5.41) is 3.74. The fraction of sp³-hybridized carbons (Fsp3) is 0.308. The van der Waals surface area contributed by atoms with Crippen LogP contribution in [0.15, 0.2) is 24.5 Å². The summed E-state index contributed by atoms with van der Waals surface area (Å²) in [5.74, 6) is 0.697. The van der Waals surface area contributed by atoms with Gasteiger partial charge < -0.3 is 10.1 Å². The van der Waals surface area contributed by atoms with Crippen molar-refractivity contribution in [2.75, 3.05) is 7.05 Å². The van der Waals surface area contributed by atoms with Crippen LogP contribution in [0.4, 0.5) is 0 Å². The van der Waals surface area contributed by atoms with Crippen LogP contribution in [-0.2, 0) is 13.2 Å². The maximum absolute atomic E-state index is 5.85. The number of nitrogens with zero attached hydrogens (tertiary/aromatic N) is 1. The SMILES string of the molecule is CNCc1cc(COc2cncc(Cl)c2)c(C)s1. The average molecular weight is 283 g/mol. The van der Waals surface area contributed by atoms with Gasteiger partial charge in [-0.15, -0.1) is 11.3 Å². The molecule has 1 N–H and O–H groups in total. The van der Waals surface area contributed by atoms with E-state index in [0.717, 1.165) is 6.54 Å². The average Bonchev–Trinajstić information content (AvgIpc) is 2.68. The zero-order valence-electron chi connectivity index (χ0n) is 10.4. The zero-order valence-corrected chi connectivity index (χ0v) is 11.9. The first-order chi connectivity index (χ1) is 8.69. The molecule has 5 heteroatoms. The zero-order chi connectivity index (χ0) is 13.0. The molecule has 0 saturated heterocycles. The molecule has 0 bridgehead atoms. The van der Waals surface area contributed by atoms with Gasteiger partial charge in [-0.2, -0.15) is 0 Å². The highest BCUT2D eigenvalue weighted by atomic mass is 35.5. The Morgan fingerprint density at radius 3 is 2.94 bits per heavy atom. The second-order valence-electron chi connectivity index (χ2n) is 3.95. The van der Waals surface area contributed by atoms with E-state index in [1.54, 1.807) is 29.8 Å². The molecule has 2 aromatic rings. The topological polar surface area (TPSA) is 34.1 Å². The smallest absolute Gasteiger partial charge is 0.139 e. The lowest BCUT2D eigenvalue weighted by molar-refractivity contribution is 0.305. The summed E-state index contributed by atoms with van der Waals surface area (Å²) in [5.41, 5.74) is 1.21. The van der Waals surface area contributed by atoms with Gasteiger partial charge in [0, 0.05) is 34.1 Å². The van der Waals surface area contributed by atoms with Gasteiger partial charge in [-0.1, -0.05) is 11.6 Å². The van der Waals surface area contributed by atoms with Gasteiger partial charge in [0.25, 0.3) is 0 Å². The quantitative estimate of drug-likeness (QED) is 0.913. The number of hydrogen-bond acceptors (Lipinski definition) is 4. The molecule has 3 nitrogen and oxygen atoms in total. The Balaban J connectivity index is 2.01. The molecule has 0 atom stereocenters. The number of pyridine rings is 1. The van der Waals surface area contributed by atoms with Crippen LogP contribution < -0.4 is 10.1 Å². The van der Waals surface area contributed by atoms with Crippen molar-refractivity contribution in [3.05, 3.63) is 44.9 Å². The Hall–Kier alpha value is -1.10. The Bertz CT molecular complexity index is 527. The summed E-state index contributed by atoms with van der Waals surface area (Å²) < 4.78 is 5.68. The van der Waals surface area contributed by atoms with Crippen LogP contribution in [0.3, 0.4) is 0 Å². The van der Waals surface area contributed by atoms with Gasteiger partial charge in [-0.05, 0) is 20.0 Å². The standard InChI is InChI=1S/C13H15ClN2OS/c1-9-10(3-13(18-9)7-15-2)8-17-12-4-11(14)5-16-6-12/h3-6,15H,7-8H2,1-2H3. The van der Waals surface area contributed by atoms with Gasteiger partial charge >= 0.3 is 0 Å². The third-order valence-electron chi connectivity index (χ3n) is 2.50. The first kappa shape index (κ1) is 13.3. The Labute approximate surface area is 116 Å². The van der Waals surface area contributed by atoms with Gasteiger partial charge in [-0.3, -0.25) is 4.98 Å². The van der Waals surface area contributed by atoms with Gasteiger partial charge in [0.2, 0.25) is 0 Å². The van der Waals surface area contributed by atoms with Gasteiger partial charge in [0.05, 0.1) is 11.2 Å². The van der Waals surface area contributed by atoms with E-state index in [1.807, 2.05) is 7.05 Å². The summed E-state index contributed by atoms with van der Waals surface area (Å²) in [7, 11) is 1.95. The lowest BCUT2D eigenvalue weighted by atomic mass is 10.2. The van der Waals surface area contributed by atoms with Gasteiger partial charge in [-0.25, -0.2) is 0 Å². The van der Waals surface area contributed by atoms with Crippen molar-refractivity contribution in [2.24, 2.45) is 0 Å². The van der Waals surface area contributed by atoms with Crippen LogP contribution in [0.2, 0.25) is 5.02 Å². The summed E-state index contributed by atoms with van der Waals surface area (Å²) in [4.78, 5) is 6.59. The number of rotatable bonds is 5. The molecule has 0 saturated carbocycles. The summed E-state index contributed by atoms with van der Waals surface area (Å²) in [6.45, 7) is 3.55. The minimum Gasteiger partial charge on any atom is -0.487 e. The van der Waals surface area contributed by atoms with Crippen molar-refractivity contribution in [1.82, 2.24) is 10.3 Å². The lowest BCUT2D eigenvalue weighted by Gasteiger charge is -2.05. The molecule has 96 valence electrons. The lowest BCUT2D eigenvalue weighted by Crippen LogP contribution is -2.02. The first-order valence-electron chi connectivity index (χ1n) is 5.65. The van der Waals surface area contributed by atoms with E-state index in [9.17, 15) is 0 Å². The molecule has 0 aliphatic carbocycles. The van der Waals surface area contributed by atoms with Crippen LogP contribution in [0.1, 0.15) is 15.3 Å². The van der Waals surface area contributed by atoms with Gasteiger partial charge in [0.1, 0.15) is 12.4 Å². The highest BCUT2D eigenvalue weighted by Gasteiger charge is 2.06. The molecule has 0 aliphatic rings. The maximum Gasteiger partial charge on any atom is 0.139 e. The molecule has 0 unspecified atom stereocenters. The molecule has 0 aromatic carbocycles. The van der Waals surface area contributed by atoms with E-state index in [2.05, 4.69) is 23.3 Å². The predicted molar refractivity (Wildman–Crippen MR) is 75.4 cm³/mol. The van der Waals surface area contributed by atoms with Gasteiger partial charge in [0.15, 0.2) is 0 Å². The number of aromatic nitrogens is 1. The van der Waals surface area contributed by atoms with Crippen LogP contribution in [-0.4, -0.2) is 12.0 Å². The Morgan fingerprint density at radius 1 is 1.39 bits per heavy atom. The third-order valence-corrected chi connectivity index (χ3v) is 3.80. The third kappa shape index (κ3) is 3.45. The van der Waals surface area contributed by atoms with E-state index < -0.39 is 0 Å². The second kappa shape index (κ2) is 6.18. The van der Waals surface area contributed by atoms with E-state index in [-0.39, 0.29) is 0 Å². The van der Waals surface area contributed by atoms with Crippen molar-refractivity contribution in [2.45, 2.75) is 20.1 Å². The molecule has 2 rings (SSSR count). The Kier molecular flexibility index (Phi) is 4.58. The molecule has 2 heterocycles. The highest BCUT2D eigenvalue weighted by Crippen LogP contribution is 2.23. The summed E-state index contributed by atoms with van der Waals surface area (Å²) in [6.07, 6.45) is 3.26. The minimum absolute atomic E-state index is 0.550. The first-order valence-corrected chi connectivity index (χ1v) is 6.84. The molecule has 0 aliphatic heterocycles. The Morgan fingerprint density at radius 2 is 2.22 bits per heavy atom. The molecule has 0 amide bonds. The van der Waals surface area contributed by atoms with Crippen LogP contribution in [0, 0.1) is 6.92 Å². The summed E-state index contributed by atoms with van der Waals surface area (Å²) >= 11 is 7.65.